The van der Waals surface area contributed by atoms with Gasteiger partial charge in [0.2, 0.25) is 0 Å². The summed E-state index contributed by atoms with van der Waals surface area (Å²) in [6.45, 7) is 0.844. The van der Waals surface area contributed by atoms with Crippen LogP contribution in [-0.4, -0.2) is 42.5 Å². The summed E-state index contributed by atoms with van der Waals surface area (Å²) >= 11 is 1.97. The first-order valence-electron chi connectivity index (χ1n) is 9.66. The van der Waals surface area contributed by atoms with E-state index in [9.17, 15) is 9.90 Å². The molecular formula is C21H33NO3S. The highest BCUT2D eigenvalue weighted by atomic mass is 32.2. The van der Waals surface area contributed by atoms with E-state index in [0.29, 0.717) is 6.42 Å². The van der Waals surface area contributed by atoms with Crippen LogP contribution in [0.25, 0.3) is 0 Å². The maximum Gasteiger partial charge on any atom is 0.305 e. The zero-order chi connectivity index (χ0) is 18.9. The van der Waals surface area contributed by atoms with Crippen LogP contribution >= 0.6 is 11.8 Å². The fraction of sp³-hybridized carbons (Fsp3) is 0.619. The molecule has 5 heteroatoms. The van der Waals surface area contributed by atoms with Crippen molar-refractivity contribution in [3.63, 3.8) is 0 Å². The SMILES string of the molecule is COC(=O)CCCCCCCCCCSCCN=Cc1ccc(O)cc1. The van der Waals surface area contributed by atoms with Crippen molar-refractivity contribution in [2.45, 2.75) is 57.8 Å². The minimum Gasteiger partial charge on any atom is -0.508 e. The van der Waals surface area contributed by atoms with E-state index in [2.05, 4.69) is 9.73 Å². The first-order valence-corrected chi connectivity index (χ1v) is 10.8. The third kappa shape index (κ3) is 12.8. The van der Waals surface area contributed by atoms with Crippen LogP contribution in [-0.2, 0) is 9.53 Å². The lowest BCUT2D eigenvalue weighted by atomic mass is 10.1. The van der Waals surface area contributed by atoms with Crippen molar-refractivity contribution < 1.29 is 14.6 Å². The normalized spacial score (nSPS) is 11.1. The quantitative estimate of drug-likeness (QED) is 0.258. The van der Waals surface area contributed by atoms with Crippen LogP contribution in [0.4, 0.5) is 0 Å². The van der Waals surface area contributed by atoms with Gasteiger partial charge in [-0.3, -0.25) is 9.79 Å². The van der Waals surface area contributed by atoms with Crippen LogP contribution in [0.15, 0.2) is 29.3 Å². The van der Waals surface area contributed by atoms with Crippen molar-refractivity contribution in [2.75, 3.05) is 25.2 Å². The molecule has 0 unspecified atom stereocenters. The summed E-state index contributed by atoms with van der Waals surface area (Å²) in [6, 6.07) is 7.09. The van der Waals surface area contributed by atoms with Gasteiger partial charge in [0.15, 0.2) is 0 Å². The number of thioether (sulfide) groups is 1. The van der Waals surface area contributed by atoms with E-state index in [1.165, 1.54) is 51.4 Å². The van der Waals surface area contributed by atoms with Crippen LogP contribution in [0, 0.1) is 0 Å². The van der Waals surface area contributed by atoms with E-state index in [1.54, 1.807) is 12.1 Å². The van der Waals surface area contributed by atoms with Gasteiger partial charge in [0.1, 0.15) is 5.75 Å². The number of aliphatic imine (C=N–C) groups is 1. The Hall–Kier alpha value is -1.49. The molecule has 1 aromatic carbocycles. The molecule has 0 aliphatic heterocycles. The fourth-order valence-electron chi connectivity index (χ4n) is 2.59. The number of aromatic hydroxyl groups is 1. The van der Waals surface area contributed by atoms with Gasteiger partial charge in [-0.25, -0.2) is 0 Å². The van der Waals surface area contributed by atoms with Crippen molar-refractivity contribution in [3.8, 4) is 5.75 Å². The van der Waals surface area contributed by atoms with Gasteiger partial charge in [0, 0.05) is 24.9 Å². The van der Waals surface area contributed by atoms with Crippen LogP contribution in [0.2, 0.25) is 0 Å². The molecule has 0 atom stereocenters. The highest BCUT2D eigenvalue weighted by Crippen LogP contribution is 2.12. The molecule has 26 heavy (non-hydrogen) atoms. The number of phenols is 1. The van der Waals surface area contributed by atoms with Crippen molar-refractivity contribution in [1.29, 1.82) is 0 Å². The summed E-state index contributed by atoms with van der Waals surface area (Å²) in [4.78, 5) is 15.4. The van der Waals surface area contributed by atoms with Gasteiger partial charge in [-0.15, -0.1) is 0 Å². The Kier molecular flexibility index (Phi) is 13.7. The average molecular weight is 380 g/mol. The minimum atomic E-state index is -0.0893. The lowest BCUT2D eigenvalue weighted by Gasteiger charge is -2.02. The number of rotatable bonds is 15. The topological polar surface area (TPSA) is 58.9 Å². The van der Waals surface area contributed by atoms with Crippen LogP contribution in [0.3, 0.4) is 0 Å². The maximum absolute atomic E-state index is 11.0. The van der Waals surface area contributed by atoms with Gasteiger partial charge < -0.3 is 9.84 Å². The number of phenolic OH excluding ortho intramolecular Hbond substituents is 1. The molecule has 0 bridgehead atoms. The Morgan fingerprint density at radius 1 is 1.00 bits per heavy atom. The van der Waals surface area contributed by atoms with Crippen LogP contribution in [0.1, 0.15) is 63.4 Å². The van der Waals surface area contributed by atoms with E-state index in [4.69, 9.17) is 0 Å². The van der Waals surface area contributed by atoms with E-state index in [-0.39, 0.29) is 11.7 Å². The third-order valence-electron chi connectivity index (χ3n) is 4.15. The Labute approximate surface area is 162 Å². The number of nitrogens with zero attached hydrogens (tertiary/aromatic N) is 1. The smallest absolute Gasteiger partial charge is 0.305 e. The first-order chi connectivity index (χ1) is 12.7. The number of hydrogen-bond donors (Lipinski definition) is 1. The average Bonchev–Trinajstić information content (AvgIpc) is 2.66. The molecule has 0 aromatic heterocycles. The molecule has 0 heterocycles. The standard InChI is InChI=1S/C21H33NO3S/c1-25-21(24)10-8-6-4-2-3-5-7-9-16-26-17-15-22-18-19-11-13-20(23)14-12-19/h11-14,18,23H,2-10,15-17H2,1H3. The van der Waals surface area contributed by atoms with Crippen molar-refractivity contribution in [2.24, 2.45) is 4.99 Å². The molecule has 0 amide bonds. The summed E-state index contributed by atoms with van der Waals surface area (Å²) in [5.74, 6) is 2.48. The van der Waals surface area contributed by atoms with Crippen molar-refractivity contribution in [1.82, 2.24) is 0 Å². The molecule has 0 saturated carbocycles. The fourth-order valence-corrected chi connectivity index (χ4v) is 3.43. The van der Waals surface area contributed by atoms with Crippen LogP contribution in [0.5, 0.6) is 5.75 Å². The maximum atomic E-state index is 11.0. The molecule has 0 spiro atoms. The monoisotopic (exact) mass is 379 g/mol. The van der Waals surface area contributed by atoms with Crippen LogP contribution < -0.4 is 0 Å². The van der Waals surface area contributed by atoms with Gasteiger partial charge in [-0.05, 0) is 48.4 Å². The number of unbranched alkanes of at least 4 members (excludes halogenated alkanes) is 7. The summed E-state index contributed by atoms with van der Waals surface area (Å²) in [7, 11) is 1.45. The second-order valence-corrected chi connectivity index (χ2v) is 7.62. The highest BCUT2D eigenvalue weighted by molar-refractivity contribution is 7.99. The molecule has 0 aliphatic carbocycles. The van der Waals surface area contributed by atoms with Crippen molar-refractivity contribution in [3.05, 3.63) is 29.8 Å². The lowest BCUT2D eigenvalue weighted by molar-refractivity contribution is -0.140. The first kappa shape index (κ1) is 22.6. The summed E-state index contributed by atoms with van der Waals surface area (Å²) in [6.07, 6.45) is 12.2. The van der Waals surface area contributed by atoms with Gasteiger partial charge in [0.05, 0.1) is 7.11 Å². The number of carbonyl (C=O) groups excluding carboxylic acids is 1. The summed E-state index contributed by atoms with van der Waals surface area (Å²) < 4.78 is 4.63. The van der Waals surface area contributed by atoms with Gasteiger partial charge in [-0.2, -0.15) is 11.8 Å². The molecule has 1 N–H and O–H groups in total. The molecule has 0 fully saturated rings. The molecule has 0 aliphatic rings. The Morgan fingerprint density at radius 2 is 1.62 bits per heavy atom. The lowest BCUT2D eigenvalue weighted by Crippen LogP contribution is -1.99. The molecule has 0 radical (unpaired) electrons. The molecule has 4 nitrogen and oxygen atoms in total. The predicted molar refractivity (Wildman–Crippen MR) is 111 cm³/mol. The van der Waals surface area contributed by atoms with Gasteiger partial charge in [-0.1, -0.05) is 38.5 Å². The molecule has 146 valence electrons. The second kappa shape index (κ2) is 15.7. The third-order valence-corrected chi connectivity index (χ3v) is 5.19. The number of benzene rings is 1. The Bertz CT molecular complexity index is 502. The Morgan fingerprint density at radius 3 is 2.27 bits per heavy atom. The van der Waals surface area contributed by atoms with Gasteiger partial charge in [0.25, 0.3) is 0 Å². The van der Waals surface area contributed by atoms with Gasteiger partial charge >= 0.3 is 5.97 Å². The zero-order valence-electron chi connectivity index (χ0n) is 16.0. The number of methoxy groups -OCH3 is 1. The highest BCUT2D eigenvalue weighted by Gasteiger charge is 1.99. The van der Waals surface area contributed by atoms with E-state index >= 15 is 0 Å². The number of hydrogen-bond acceptors (Lipinski definition) is 5. The van der Waals surface area contributed by atoms with E-state index in [0.717, 1.165) is 30.7 Å². The van der Waals surface area contributed by atoms with Crippen molar-refractivity contribution >= 4 is 23.9 Å². The number of carbonyl (C=O) groups is 1. The van der Waals surface area contributed by atoms with E-state index < -0.39 is 0 Å². The molecule has 1 rings (SSSR count). The number of esters is 1. The summed E-state index contributed by atoms with van der Waals surface area (Å²) in [5.41, 5.74) is 1.03. The zero-order valence-corrected chi connectivity index (χ0v) is 16.8. The molecule has 0 saturated heterocycles. The Balaban J connectivity index is 1.81. The van der Waals surface area contributed by atoms with E-state index in [1.807, 2.05) is 30.1 Å². The minimum absolute atomic E-state index is 0.0893. The molecule has 1 aromatic rings. The second-order valence-electron chi connectivity index (χ2n) is 6.39. The predicted octanol–water partition coefficient (Wildman–Crippen LogP) is 5.23. The molecular weight excluding hydrogens is 346 g/mol. The largest absolute Gasteiger partial charge is 0.508 e. The summed E-state index contributed by atoms with van der Waals surface area (Å²) in [5, 5.41) is 9.21. The number of ether oxygens (including phenoxy) is 1.